The summed E-state index contributed by atoms with van der Waals surface area (Å²) < 4.78 is 4.87. The van der Waals surface area contributed by atoms with Gasteiger partial charge in [-0.3, -0.25) is 0 Å². The molecule has 1 rings (SSSR count). The van der Waals surface area contributed by atoms with E-state index in [0.29, 0.717) is 24.0 Å². The van der Waals surface area contributed by atoms with Crippen LogP contribution in [-0.2, 0) is 4.74 Å². The van der Waals surface area contributed by atoms with Crippen molar-refractivity contribution in [1.29, 1.82) is 0 Å². The molecule has 12 heavy (non-hydrogen) atoms. The number of halogens is 1. The monoisotopic (exact) mass is 186 g/mol. The highest BCUT2D eigenvalue weighted by atomic mass is 35.5. The van der Waals surface area contributed by atoms with Gasteiger partial charge in [0.25, 0.3) is 0 Å². The smallest absolute Gasteiger partial charge is 0.144 e. The van der Waals surface area contributed by atoms with Crippen molar-refractivity contribution in [3.8, 4) is 0 Å². The third-order valence-corrected chi connectivity index (χ3v) is 1.66. The van der Waals surface area contributed by atoms with Crippen molar-refractivity contribution in [1.82, 2.24) is 4.98 Å². The van der Waals surface area contributed by atoms with Crippen molar-refractivity contribution in [2.24, 2.45) is 0 Å². The van der Waals surface area contributed by atoms with Gasteiger partial charge in [0.15, 0.2) is 0 Å². The van der Waals surface area contributed by atoms with Crippen molar-refractivity contribution < 1.29 is 4.74 Å². The average molecular weight is 187 g/mol. The topological polar surface area (TPSA) is 34.1 Å². The number of pyridine rings is 1. The Bertz CT molecular complexity index is 242. The first kappa shape index (κ1) is 9.29. The Kier molecular flexibility index (Phi) is 3.84. The molecule has 0 unspecified atom stereocenters. The third kappa shape index (κ3) is 2.68. The first-order valence-electron chi connectivity index (χ1n) is 3.68. The van der Waals surface area contributed by atoms with Crippen LogP contribution in [0.5, 0.6) is 0 Å². The van der Waals surface area contributed by atoms with E-state index in [1.54, 1.807) is 25.4 Å². The molecule has 0 radical (unpaired) electrons. The largest absolute Gasteiger partial charge is 0.383 e. The maximum Gasteiger partial charge on any atom is 0.144 e. The van der Waals surface area contributed by atoms with Gasteiger partial charge < -0.3 is 10.1 Å². The average Bonchev–Trinajstić information content (AvgIpc) is 2.09. The number of anilines is 1. The maximum absolute atomic E-state index is 5.84. The molecule has 1 aromatic rings. The Morgan fingerprint density at radius 2 is 2.50 bits per heavy atom. The van der Waals surface area contributed by atoms with Gasteiger partial charge in [-0.2, -0.15) is 0 Å². The Labute approximate surface area is 76.7 Å². The standard InChI is InChI=1S/C8H11ClN2O/c1-12-6-5-11-8-7(9)3-2-4-10-8/h2-4H,5-6H2,1H3,(H,10,11). The van der Waals surface area contributed by atoms with E-state index in [9.17, 15) is 0 Å². The third-order valence-electron chi connectivity index (χ3n) is 1.36. The lowest BCUT2D eigenvalue weighted by atomic mass is 10.4. The molecule has 1 aromatic heterocycles. The number of rotatable bonds is 4. The van der Waals surface area contributed by atoms with E-state index in [4.69, 9.17) is 16.3 Å². The van der Waals surface area contributed by atoms with Crippen LogP contribution in [0.4, 0.5) is 5.82 Å². The number of methoxy groups -OCH3 is 1. The molecule has 0 aliphatic rings. The minimum atomic E-state index is 0.633. The number of aromatic nitrogens is 1. The van der Waals surface area contributed by atoms with Crippen molar-refractivity contribution in [2.45, 2.75) is 0 Å². The molecule has 66 valence electrons. The fourth-order valence-corrected chi connectivity index (χ4v) is 0.976. The van der Waals surface area contributed by atoms with Crippen LogP contribution in [0.3, 0.4) is 0 Å². The van der Waals surface area contributed by atoms with Gasteiger partial charge in [-0.15, -0.1) is 0 Å². The van der Waals surface area contributed by atoms with Crippen LogP contribution in [-0.4, -0.2) is 25.2 Å². The molecular formula is C8H11ClN2O. The summed E-state index contributed by atoms with van der Waals surface area (Å²) in [7, 11) is 1.65. The van der Waals surface area contributed by atoms with E-state index in [-0.39, 0.29) is 0 Å². The van der Waals surface area contributed by atoms with E-state index in [2.05, 4.69) is 10.3 Å². The first-order chi connectivity index (χ1) is 5.84. The predicted molar refractivity (Wildman–Crippen MR) is 49.6 cm³/mol. The number of nitrogens with one attached hydrogen (secondary N) is 1. The van der Waals surface area contributed by atoms with Crippen LogP contribution < -0.4 is 5.32 Å². The SMILES string of the molecule is COCCNc1ncccc1Cl. The summed E-state index contributed by atoms with van der Waals surface area (Å²) >= 11 is 5.84. The second-order valence-electron chi connectivity index (χ2n) is 2.25. The van der Waals surface area contributed by atoms with E-state index in [0.717, 1.165) is 0 Å². The summed E-state index contributed by atoms with van der Waals surface area (Å²) in [5.41, 5.74) is 0. The molecule has 0 saturated carbocycles. The zero-order chi connectivity index (χ0) is 8.81. The minimum absolute atomic E-state index is 0.633. The van der Waals surface area contributed by atoms with Gasteiger partial charge in [0, 0.05) is 19.9 Å². The number of hydrogen-bond acceptors (Lipinski definition) is 3. The van der Waals surface area contributed by atoms with Gasteiger partial charge in [0.2, 0.25) is 0 Å². The fraction of sp³-hybridized carbons (Fsp3) is 0.375. The summed E-state index contributed by atoms with van der Waals surface area (Å²) in [6, 6.07) is 3.59. The van der Waals surface area contributed by atoms with Crippen LogP contribution in [0, 0.1) is 0 Å². The quantitative estimate of drug-likeness (QED) is 0.729. The number of hydrogen-bond donors (Lipinski definition) is 1. The predicted octanol–water partition coefficient (Wildman–Crippen LogP) is 1.79. The minimum Gasteiger partial charge on any atom is -0.383 e. The highest BCUT2D eigenvalue weighted by Gasteiger charge is 1.97. The summed E-state index contributed by atoms with van der Waals surface area (Å²) in [5, 5.41) is 3.68. The van der Waals surface area contributed by atoms with Crippen molar-refractivity contribution in [2.75, 3.05) is 25.6 Å². The van der Waals surface area contributed by atoms with Crippen LogP contribution in [0.1, 0.15) is 0 Å². The van der Waals surface area contributed by atoms with Gasteiger partial charge in [0.1, 0.15) is 5.82 Å². The molecule has 0 aromatic carbocycles. The Morgan fingerprint density at radius 1 is 1.67 bits per heavy atom. The molecule has 0 amide bonds. The second-order valence-corrected chi connectivity index (χ2v) is 2.66. The number of ether oxygens (including phenoxy) is 1. The zero-order valence-corrected chi connectivity index (χ0v) is 7.64. The summed E-state index contributed by atoms with van der Waals surface area (Å²) in [4.78, 5) is 4.05. The van der Waals surface area contributed by atoms with E-state index < -0.39 is 0 Å². The summed E-state index contributed by atoms with van der Waals surface area (Å²) in [5.74, 6) is 0.705. The molecule has 0 saturated heterocycles. The van der Waals surface area contributed by atoms with Crippen molar-refractivity contribution >= 4 is 17.4 Å². The van der Waals surface area contributed by atoms with Gasteiger partial charge in [-0.25, -0.2) is 4.98 Å². The molecule has 0 aliphatic heterocycles. The summed E-state index contributed by atoms with van der Waals surface area (Å²) in [6.07, 6.45) is 1.70. The Hall–Kier alpha value is -0.800. The molecule has 0 spiro atoms. The first-order valence-corrected chi connectivity index (χ1v) is 4.05. The highest BCUT2D eigenvalue weighted by Crippen LogP contribution is 2.16. The molecule has 0 fully saturated rings. The molecule has 0 atom stereocenters. The second kappa shape index (κ2) is 4.95. The van der Waals surface area contributed by atoms with Gasteiger partial charge >= 0.3 is 0 Å². The molecule has 1 N–H and O–H groups in total. The molecule has 4 heteroatoms. The van der Waals surface area contributed by atoms with Crippen molar-refractivity contribution in [3.05, 3.63) is 23.4 Å². The van der Waals surface area contributed by atoms with E-state index in [1.165, 1.54) is 0 Å². The van der Waals surface area contributed by atoms with Gasteiger partial charge in [-0.1, -0.05) is 11.6 Å². The lowest BCUT2D eigenvalue weighted by Gasteiger charge is -2.05. The maximum atomic E-state index is 5.84. The van der Waals surface area contributed by atoms with Gasteiger partial charge in [0.05, 0.1) is 11.6 Å². The molecule has 3 nitrogen and oxygen atoms in total. The van der Waals surface area contributed by atoms with E-state index in [1.807, 2.05) is 0 Å². The van der Waals surface area contributed by atoms with Crippen LogP contribution in [0.15, 0.2) is 18.3 Å². The van der Waals surface area contributed by atoms with Crippen LogP contribution in [0.25, 0.3) is 0 Å². The molecule has 0 aliphatic carbocycles. The fourth-order valence-electron chi connectivity index (χ4n) is 0.787. The zero-order valence-electron chi connectivity index (χ0n) is 6.88. The summed E-state index contributed by atoms with van der Waals surface area (Å²) in [6.45, 7) is 1.36. The van der Waals surface area contributed by atoms with Crippen LogP contribution in [0.2, 0.25) is 5.02 Å². The number of nitrogens with zero attached hydrogens (tertiary/aromatic N) is 1. The molecule has 0 bridgehead atoms. The molecule has 1 heterocycles. The highest BCUT2D eigenvalue weighted by molar-refractivity contribution is 6.32. The lowest BCUT2D eigenvalue weighted by molar-refractivity contribution is 0.210. The lowest BCUT2D eigenvalue weighted by Crippen LogP contribution is -2.08. The normalized spacial score (nSPS) is 9.83. The van der Waals surface area contributed by atoms with E-state index >= 15 is 0 Å². The molecular weight excluding hydrogens is 176 g/mol. The van der Waals surface area contributed by atoms with Crippen molar-refractivity contribution in [3.63, 3.8) is 0 Å². The Morgan fingerprint density at radius 3 is 3.17 bits per heavy atom. The Balaban J connectivity index is 2.46. The van der Waals surface area contributed by atoms with Gasteiger partial charge in [-0.05, 0) is 12.1 Å². The van der Waals surface area contributed by atoms with Crippen LogP contribution >= 0.6 is 11.6 Å².